The van der Waals surface area contributed by atoms with Gasteiger partial charge in [0.2, 0.25) is 11.8 Å². The molecule has 192 valence electrons. The lowest BCUT2D eigenvalue weighted by Gasteiger charge is -2.39. The number of imidazole rings is 1. The maximum Gasteiger partial charge on any atom is 0.374 e. The van der Waals surface area contributed by atoms with Gasteiger partial charge in [-0.15, -0.1) is 0 Å². The van der Waals surface area contributed by atoms with E-state index < -0.39 is 5.97 Å². The second-order valence-corrected chi connectivity index (χ2v) is 11.5. The van der Waals surface area contributed by atoms with Crippen LogP contribution in [0.5, 0.6) is 0 Å². The SMILES string of the molecule is CC(C)C1CCCCN1c1nc2nc(C(=O)O)nc(NC(C)C3CCC3)c2n1CC1CCCCC1. The van der Waals surface area contributed by atoms with Gasteiger partial charge in [0.05, 0.1) is 0 Å². The Kier molecular flexibility index (Phi) is 7.17. The van der Waals surface area contributed by atoms with Crippen molar-refractivity contribution >= 4 is 28.9 Å². The molecule has 3 aliphatic rings. The highest BCUT2D eigenvalue weighted by molar-refractivity contribution is 5.91. The van der Waals surface area contributed by atoms with E-state index in [1.54, 1.807) is 0 Å². The van der Waals surface area contributed by atoms with Crippen molar-refractivity contribution in [2.75, 3.05) is 16.8 Å². The summed E-state index contributed by atoms with van der Waals surface area (Å²) in [4.78, 5) is 28.5. The maximum absolute atomic E-state index is 11.9. The maximum atomic E-state index is 11.9. The Morgan fingerprint density at radius 3 is 2.37 bits per heavy atom. The summed E-state index contributed by atoms with van der Waals surface area (Å²) in [6, 6.07) is 0.672. The predicted molar refractivity (Wildman–Crippen MR) is 139 cm³/mol. The summed E-state index contributed by atoms with van der Waals surface area (Å²) in [5.74, 6) is 2.06. The molecular weight excluding hydrogens is 440 g/mol. The number of hydrogen-bond acceptors (Lipinski definition) is 6. The molecule has 8 nitrogen and oxygen atoms in total. The first-order valence-corrected chi connectivity index (χ1v) is 14.0. The van der Waals surface area contributed by atoms with Crippen molar-refractivity contribution in [3.8, 4) is 0 Å². The molecule has 2 atom stereocenters. The molecule has 8 heteroatoms. The number of hydrogen-bond donors (Lipinski definition) is 2. The number of piperidine rings is 1. The first-order valence-electron chi connectivity index (χ1n) is 14.0. The third-order valence-corrected chi connectivity index (χ3v) is 8.74. The zero-order chi connectivity index (χ0) is 24.5. The van der Waals surface area contributed by atoms with Gasteiger partial charge in [-0.1, -0.05) is 39.5 Å². The van der Waals surface area contributed by atoms with Crippen LogP contribution in [0.2, 0.25) is 0 Å². The number of nitrogens with zero attached hydrogens (tertiary/aromatic N) is 5. The molecule has 0 radical (unpaired) electrons. The quantitative estimate of drug-likeness (QED) is 0.497. The van der Waals surface area contributed by atoms with Gasteiger partial charge < -0.3 is 19.9 Å². The van der Waals surface area contributed by atoms with Crippen molar-refractivity contribution in [1.29, 1.82) is 0 Å². The summed E-state index contributed by atoms with van der Waals surface area (Å²) in [7, 11) is 0. The third kappa shape index (κ3) is 4.98. The molecule has 2 aromatic heterocycles. The van der Waals surface area contributed by atoms with Gasteiger partial charge in [-0.2, -0.15) is 4.98 Å². The molecule has 0 amide bonds. The number of aromatic nitrogens is 4. The summed E-state index contributed by atoms with van der Waals surface area (Å²) in [5.41, 5.74) is 1.40. The first-order chi connectivity index (χ1) is 16.9. The largest absolute Gasteiger partial charge is 0.475 e. The molecule has 1 saturated heterocycles. The molecule has 0 aromatic carbocycles. The van der Waals surface area contributed by atoms with Crippen LogP contribution in [-0.2, 0) is 6.54 Å². The highest BCUT2D eigenvalue weighted by Gasteiger charge is 2.33. The molecule has 3 heterocycles. The molecule has 0 spiro atoms. The van der Waals surface area contributed by atoms with Crippen molar-refractivity contribution in [2.45, 2.75) is 110 Å². The second-order valence-electron chi connectivity index (χ2n) is 11.5. The average molecular weight is 483 g/mol. The Balaban J connectivity index is 1.63. The summed E-state index contributed by atoms with van der Waals surface area (Å²) >= 11 is 0. The number of nitrogens with one attached hydrogen (secondary N) is 1. The topological polar surface area (TPSA) is 96.2 Å². The average Bonchev–Trinajstić information content (AvgIpc) is 3.16. The predicted octanol–water partition coefficient (Wildman–Crippen LogP) is 5.72. The monoisotopic (exact) mass is 482 g/mol. The van der Waals surface area contributed by atoms with Gasteiger partial charge >= 0.3 is 5.97 Å². The fourth-order valence-corrected chi connectivity index (χ4v) is 6.41. The molecule has 5 rings (SSSR count). The minimum atomic E-state index is -1.10. The normalized spacial score (nSPS) is 23.0. The third-order valence-electron chi connectivity index (χ3n) is 8.74. The molecule has 2 saturated carbocycles. The van der Waals surface area contributed by atoms with Crippen LogP contribution in [0.4, 0.5) is 11.8 Å². The summed E-state index contributed by atoms with van der Waals surface area (Å²) < 4.78 is 2.35. The van der Waals surface area contributed by atoms with Crippen molar-refractivity contribution in [3.05, 3.63) is 5.82 Å². The summed E-state index contributed by atoms with van der Waals surface area (Å²) in [5, 5.41) is 13.4. The van der Waals surface area contributed by atoms with Gasteiger partial charge in [0.15, 0.2) is 11.5 Å². The van der Waals surface area contributed by atoms with E-state index in [0.717, 1.165) is 31.0 Å². The van der Waals surface area contributed by atoms with Gasteiger partial charge in [-0.25, -0.2) is 14.8 Å². The molecule has 2 aliphatic carbocycles. The van der Waals surface area contributed by atoms with Gasteiger partial charge in [-0.05, 0) is 69.6 Å². The first kappa shape index (κ1) is 24.3. The number of carboxylic acids is 1. The van der Waals surface area contributed by atoms with E-state index in [4.69, 9.17) is 4.98 Å². The zero-order valence-electron chi connectivity index (χ0n) is 21.7. The Bertz CT molecular complexity index is 1040. The van der Waals surface area contributed by atoms with Crippen LogP contribution in [0.3, 0.4) is 0 Å². The smallest absolute Gasteiger partial charge is 0.374 e. The molecule has 35 heavy (non-hydrogen) atoms. The number of anilines is 2. The van der Waals surface area contributed by atoms with Gasteiger partial charge in [0.1, 0.15) is 5.52 Å². The number of aromatic carboxylic acids is 1. The fraction of sp³-hybridized carbons (Fsp3) is 0.778. The standard InChI is InChI=1S/C27H42N6O2/c1-17(2)21-14-7-8-15-32(21)27-31-24-22(33(27)16-19-10-5-4-6-11-19)23(29-25(30-24)26(34)35)28-18(3)20-12-9-13-20/h17-21H,4-16H2,1-3H3,(H,34,35)(H,28,29,30). The minimum absolute atomic E-state index is 0.172. The van der Waals surface area contributed by atoms with E-state index >= 15 is 0 Å². The lowest BCUT2D eigenvalue weighted by Crippen LogP contribution is -2.44. The molecule has 2 unspecified atom stereocenters. The van der Waals surface area contributed by atoms with Crippen LogP contribution in [0.15, 0.2) is 0 Å². The summed E-state index contributed by atoms with van der Waals surface area (Å²) in [6.07, 6.45) is 13.6. The van der Waals surface area contributed by atoms with Crippen LogP contribution in [0, 0.1) is 17.8 Å². The number of rotatable bonds is 8. The molecule has 2 aromatic rings. The van der Waals surface area contributed by atoms with Crippen LogP contribution >= 0.6 is 0 Å². The van der Waals surface area contributed by atoms with Crippen molar-refractivity contribution in [3.63, 3.8) is 0 Å². The Morgan fingerprint density at radius 2 is 1.71 bits per heavy atom. The van der Waals surface area contributed by atoms with Crippen molar-refractivity contribution in [1.82, 2.24) is 19.5 Å². The number of carbonyl (C=O) groups is 1. The van der Waals surface area contributed by atoms with Crippen LogP contribution < -0.4 is 10.2 Å². The number of carboxylic acid groups (broad SMARTS) is 1. The van der Waals surface area contributed by atoms with E-state index in [1.807, 2.05) is 0 Å². The zero-order valence-corrected chi connectivity index (χ0v) is 21.7. The van der Waals surface area contributed by atoms with E-state index in [1.165, 1.54) is 64.2 Å². The van der Waals surface area contributed by atoms with Gasteiger partial charge in [0.25, 0.3) is 0 Å². The molecule has 2 N–H and O–H groups in total. The van der Waals surface area contributed by atoms with Crippen LogP contribution in [0.1, 0.15) is 102 Å². The minimum Gasteiger partial charge on any atom is -0.475 e. The molecule has 1 aliphatic heterocycles. The molecular formula is C27H42N6O2. The lowest BCUT2D eigenvalue weighted by molar-refractivity contribution is 0.0684. The van der Waals surface area contributed by atoms with Gasteiger partial charge in [-0.3, -0.25) is 0 Å². The van der Waals surface area contributed by atoms with E-state index in [9.17, 15) is 9.90 Å². The van der Waals surface area contributed by atoms with Crippen molar-refractivity contribution < 1.29 is 9.90 Å². The Hall–Kier alpha value is -2.38. The summed E-state index contributed by atoms with van der Waals surface area (Å²) in [6.45, 7) is 8.67. The van der Waals surface area contributed by atoms with Crippen LogP contribution in [0.25, 0.3) is 11.2 Å². The van der Waals surface area contributed by atoms with Gasteiger partial charge in [0, 0.05) is 25.2 Å². The van der Waals surface area contributed by atoms with E-state index in [-0.39, 0.29) is 11.9 Å². The molecule has 0 bridgehead atoms. The second kappa shape index (κ2) is 10.3. The highest BCUT2D eigenvalue weighted by atomic mass is 16.4. The van der Waals surface area contributed by atoms with Crippen LogP contribution in [-0.4, -0.2) is 49.2 Å². The highest BCUT2D eigenvalue weighted by Crippen LogP contribution is 2.37. The van der Waals surface area contributed by atoms with E-state index in [2.05, 4.69) is 45.5 Å². The fourth-order valence-electron chi connectivity index (χ4n) is 6.41. The Morgan fingerprint density at radius 1 is 0.971 bits per heavy atom. The lowest BCUT2D eigenvalue weighted by atomic mass is 9.80. The Labute approximate surface area is 208 Å². The number of fused-ring (bicyclic) bond motifs is 1. The van der Waals surface area contributed by atoms with Crippen molar-refractivity contribution in [2.24, 2.45) is 17.8 Å². The van der Waals surface area contributed by atoms with E-state index in [0.29, 0.717) is 35.3 Å². The molecule has 3 fully saturated rings.